The number of nitrogens with one attached hydrogen (secondary N) is 1. The van der Waals surface area contributed by atoms with E-state index in [1.165, 1.54) is 16.4 Å². The molecule has 1 aliphatic heterocycles. The van der Waals surface area contributed by atoms with E-state index in [9.17, 15) is 13.2 Å². The van der Waals surface area contributed by atoms with Crippen LogP contribution in [0, 0.1) is 13.8 Å². The molecule has 7 nitrogen and oxygen atoms in total. The first-order valence-electron chi connectivity index (χ1n) is 11.7. The van der Waals surface area contributed by atoms with Crippen molar-refractivity contribution in [3.63, 3.8) is 0 Å². The minimum Gasteiger partial charge on any atom is -0.456 e. The molecule has 1 aliphatic carbocycles. The van der Waals surface area contributed by atoms with Crippen molar-refractivity contribution >= 4 is 21.6 Å². The Morgan fingerprint density at radius 1 is 0.943 bits per heavy atom. The van der Waals surface area contributed by atoms with E-state index in [4.69, 9.17) is 9.47 Å². The van der Waals surface area contributed by atoms with Crippen molar-refractivity contribution in [2.45, 2.75) is 50.5 Å². The van der Waals surface area contributed by atoms with E-state index in [-0.39, 0.29) is 28.0 Å². The summed E-state index contributed by atoms with van der Waals surface area (Å²) < 4.78 is 41.2. The second-order valence-electron chi connectivity index (χ2n) is 9.23. The number of sulfonamides is 1. The minimum atomic E-state index is -3.95. The Morgan fingerprint density at radius 2 is 1.63 bits per heavy atom. The van der Waals surface area contributed by atoms with E-state index >= 15 is 0 Å². The van der Waals surface area contributed by atoms with Crippen molar-refractivity contribution in [2.24, 2.45) is 0 Å². The lowest BCUT2D eigenvalue weighted by molar-refractivity contribution is 0.102. The van der Waals surface area contributed by atoms with E-state index in [0.29, 0.717) is 17.2 Å². The molecule has 0 radical (unpaired) electrons. The van der Waals surface area contributed by atoms with Gasteiger partial charge in [-0.25, -0.2) is 8.42 Å². The largest absolute Gasteiger partial charge is 0.456 e. The number of ether oxygens (including phenoxy) is 2. The average Bonchev–Trinajstić information content (AvgIpc) is 3.32. The highest BCUT2D eigenvalue weighted by molar-refractivity contribution is 7.89. The minimum absolute atomic E-state index is 0.0629. The van der Waals surface area contributed by atoms with Gasteiger partial charge in [0.05, 0.1) is 11.3 Å². The van der Waals surface area contributed by atoms with Crippen LogP contribution in [0.3, 0.4) is 0 Å². The summed E-state index contributed by atoms with van der Waals surface area (Å²) in [5, 5.41) is 2.84. The van der Waals surface area contributed by atoms with Gasteiger partial charge in [0, 0.05) is 19.2 Å². The SMILES string of the molecule is Cc1ccc(Oc2cc3c(cc2S(=O)(=O)N(C)C2CCCC2)C(=O)Nc2cc(C)ccc2O3)cc1. The molecule has 0 bridgehead atoms. The first-order chi connectivity index (χ1) is 16.7. The van der Waals surface area contributed by atoms with E-state index in [1.807, 2.05) is 38.1 Å². The van der Waals surface area contributed by atoms with E-state index in [1.54, 1.807) is 25.2 Å². The van der Waals surface area contributed by atoms with Gasteiger partial charge in [-0.2, -0.15) is 4.31 Å². The summed E-state index contributed by atoms with van der Waals surface area (Å²) in [6, 6.07) is 15.6. The standard InChI is InChI=1S/C27H28N2O5S/c1-17-8-11-20(12-9-17)33-25-16-24-21(27(30)28-22-14-18(2)10-13-23(22)34-24)15-26(25)35(31,32)29(3)19-6-4-5-7-19/h8-16,19H,4-7H2,1-3H3,(H,28,30). The Balaban J connectivity index is 1.64. The smallest absolute Gasteiger partial charge is 0.259 e. The molecular weight excluding hydrogens is 464 g/mol. The summed E-state index contributed by atoms with van der Waals surface area (Å²) in [6.45, 7) is 3.88. The van der Waals surface area contributed by atoms with Crippen LogP contribution < -0.4 is 14.8 Å². The molecule has 0 atom stereocenters. The van der Waals surface area contributed by atoms with Crippen LogP contribution in [0.25, 0.3) is 0 Å². The molecular formula is C27H28N2O5S. The van der Waals surface area contributed by atoms with Gasteiger partial charge in [0.15, 0.2) is 11.5 Å². The van der Waals surface area contributed by atoms with Crippen molar-refractivity contribution < 1.29 is 22.7 Å². The zero-order valence-corrected chi connectivity index (χ0v) is 20.8. The molecule has 0 saturated heterocycles. The van der Waals surface area contributed by atoms with Crippen LogP contribution in [0.2, 0.25) is 0 Å². The number of carbonyl (C=O) groups is 1. The fourth-order valence-corrected chi connectivity index (χ4v) is 6.11. The maximum absolute atomic E-state index is 13.8. The highest BCUT2D eigenvalue weighted by Gasteiger charge is 2.35. The number of hydrogen-bond acceptors (Lipinski definition) is 5. The topological polar surface area (TPSA) is 84.9 Å². The molecule has 1 fully saturated rings. The number of benzene rings is 3. The van der Waals surface area contributed by atoms with Gasteiger partial charge >= 0.3 is 0 Å². The van der Waals surface area contributed by atoms with Gasteiger partial charge in [0.2, 0.25) is 10.0 Å². The molecule has 3 aromatic carbocycles. The molecule has 0 unspecified atom stereocenters. The highest BCUT2D eigenvalue weighted by Crippen LogP contribution is 2.42. The molecule has 2 aliphatic rings. The molecule has 182 valence electrons. The Labute approximate surface area is 205 Å². The number of amides is 1. The number of hydrogen-bond donors (Lipinski definition) is 1. The van der Waals surface area contributed by atoms with Gasteiger partial charge in [-0.05, 0) is 62.6 Å². The molecule has 1 saturated carbocycles. The Bertz CT molecular complexity index is 1390. The Hall–Kier alpha value is -3.36. The third-order valence-electron chi connectivity index (χ3n) is 6.64. The van der Waals surface area contributed by atoms with Crippen LogP contribution in [0.15, 0.2) is 59.5 Å². The number of nitrogens with zero attached hydrogens (tertiary/aromatic N) is 1. The molecule has 1 amide bonds. The molecule has 1 heterocycles. The lowest BCUT2D eigenvalue weighted by Crippen LogP contribution is -2.35. The van der Waals surface area contributed by atoms with E-state index < -0.39 is 15.9 Å². The fraction of sp³-hybridized carbons (Fsp3) is 0.296. The maximum Gasteiger partial charge on any atom is 0.259 e. The zero-order chi connectivity index (χ0) is 24.7. The van der Waals surface area contributed by atoms with E-state index in [0.717, 1.165) is 36.8 Å². The zero-order valence-electron chi connectivity index (χ0n) is 20.0. The fourth-order valence-electron chi connectivity index (χ4n) is 4.58. The molecule has 8 heteroatoms. The normalized spacial score (nSPS) is 15.7. The summed E-state index contributed by atoms with van der Waals surface area (Å²) in [5.74, 6) is 0.869. The van der Waals surface area contributed by atoms with E-state index in [2.05, 4.69) is 5.32 Å². The van der Waals surface area contributed by atoms with Crippen molar-refractivity contribution in [3.05, 3.63) is 71.3 Å². The number of carbonyl (C=O) groups excluding carboxylic acids is 1. The molecule has 0 aromatic heterocycles. The van der Waals surface area contributed by atoms with Crippen molar-refractivity contribution in [1.82, 2.24) is 4.31 Å². The molecule has 3 aromatic rings. The third-order valence-corrected chi connectivity index (χ3v) is 8.57. The third kappa shape index (κ3) is 4.51. The quantitative estimate of drug-likeness (QED) is 0.471. The van der Waals surface area contributed by atoms with Crippen LogP contribution in [-0.4, -0.2) is 31.7 Å². The van der Waals surface area contributed by atoms with Gasteiger partial charge in [0.1, 0.15) is 16.4 Å². The number of fused-ring (bicyclic) bond motifs is 2. The predicted molar refractivity (Wildman–Crippen MR) is 134 cm³/mol. The summed E-state index contributed by atoms with van der Waals surface area (Å²) in [7, 11) is -2.35. The summed E-state index contributed by atoms with van der Waals surface area (Å²) in [4.78, 5) is 13.1. The summed E-state index contributed by atoms with van der Waals surface area (Å²) >= 11 is 0. The number of aryl methyl sites for hydroxylation is 2. The number of anilines is 1. The summed E-state index contributed by atoms with van der Waals surface area (Å²) in [6.07, 6.45) is 3.62. The van der Waals surface area contributed by atoms with Crippen LogP contribution in [0.5, 0.6) is 23.0 Å². The lowest BCUT2D eigenvalue weighted by Gasteiger charge is -2.25. The lowest BCUT2D eigenvalue weighted by atomic mass is 10.1. The van der Waals surface area contributed by atoms with Crippen molar-refractivity contribution in [2.75, 3.05) is 12.4 Å². The molecule has 0 spiro atoms. The van der Waals surface area contributed by atoms with Gasteiger partial charge in [-0.1, -0.05) is 36.6 Å². The monoisotopic (exact) mass is 492 g/mol. The number of rotatable bonds is 5. The van der Waals surface area contributed by atoms with Crippen LogP contribution in [0.4, 0.5) is 5.69 Å². The predicted octanol–water partition coefficient (Wildman–Crippen LogP) is 6.02. The van der Waals surface area contributed by atoms with Crippen molar-refractivity contribution in [3.8, 4) is 23.0 Å². The second-order valence-corrected chi connectivity index (χ2v) is 11.2. The molecule has 1 N–H and O–H groups in total. The Morgan fingerprint density at radius 3 is 2.34 bits per heavy atom. The van der Waals surface area contributed by atoms with Crippen LogP contribution >= 0.6 is 0 Å². The molecule has 5 rings (SSSR count). The van der Waals surface area contributed by atoms with Gasteiger partial charge < -0.3 is 14.8 Å². The van der Waals surface area contributed by atoms with Gasteiger partial charge in [0.25, 0.3) is 5.91 Å². The van der Waals surface area contributed by atoms with Crippen LogP contribution in [-0.2, 0) is 10.0 Å². The van der Waals surface area contributed by atoms with Gasteiger partial charge in [-0.15, -0.1) is 0 Å². The average molecular weight is 493 g/mol. The van der Waals surface area contributed by atoms with Crippen molar-refractivity contribution in [1.29, 1.82) is 0 Å². The Kier molecular flexibility index (Phi) is 6.02. The first-order valence-corrected chi connectivity index (χ1v) is 13.2. The first kappa shape index (κ1) is 23.4. The highest BCUT2D eigenvalue weighted by atomic mass is 32.2. The van der Waals surface area contributed by atoms with Crippen LogP contribution in [0.1, 0.15) is 47.2 Å². The summed E-state index contributed by atoms with van der Waals surface area (Å²) in [5.41, 5.74) is 2.68. The van der Waals surface area contributed by atoms with Gasteiger partial charge in [-0.3, -0.25) is 4.79 Å². The molecule has 35 heavy (non-hydrogen) atoms. The maximum atomic E-state index is 13.8. The second kappa shape index (κ2) is 9.02.